The van der Waals surface area contributed by atoms with Crippen LogP contribution in [0.25, 0.3) is 11.4 Å². The second-order valence-electron chi connectivity index (χ2n) is 5.36. The van der Waals surface area contributed by atoms with Crippen molar-refractivity contribution in [1.29, 1.82) is 0 Å². The Labute approximate surface area is 121 Å². The van der Waals surface area contributed by atoms with Crippen LogP contribution in [0.3, 0.4) is 0 Å². The van der Waals surface area contributed by atoms with Gasteiger partial charge >= 0.3 is 0 Å². The quantitative estimate of drug-likeness (QED) is 0.880. The molecule has 1 fully saturated rings. The Kier molecular flexibility index (Phi) is 3.51. The highest BCUT2D eigenvalue weighted by Crippen LogP contribution is 2.37. The Morgan fingerprint density at radius 2 is 2.33 bits per heavy atom. The number of aromatic nitrogens is 3. The summed E-state index contributed by atoms with van der Waals surface area (Å²) in [6.07, 6.45) is 4.23. The topological polar surface area (TPSA) is 87.7 Å². The molecule has 2 aromatic heterocycles. The van der Waals surface area contributed by atoms with Gasteiger partial charge in [0.25, 0.3) is 5.56 Å². The number of aromatic amines is 1. The average molecular weight is 284 g/mol. The fraction of sp³-hybridized carbons (Fsp3) is 0.333. The standard InChI is InChI=1S/C15H16N4O2/c1-9-5-12(9)15(21)17-8-11-6-13(20)19-14(18-11)10-3-2-4-16-7-10/h2-4,6-7,9,12H,5,8H2,1H3,(H,17,21)(H,18,19,20)/t9-,12+/m1/s1. The van der Waals surface area contributed by atoms with E-state index in [1.807, 2.05) is 6.07 Å². The van der Waals surface area contributed by atoms with Gasteiger partial charge in [0, 0.05) is 29.9 Å². The minimum absolute atomic E-state index is 0.0347. The first kappa shape index (κ1) is 13.5. The number of rotatable bonds is 4. The molecule has 0 radical (unpaired) electrons. The number of carbonyl (C=O) groups excluding carboxylic acids is 1. The lowest BCUT2D eigenvalue weighted by molar-refractivity contribution is -0.122. The lowest BCUT2D eigenvalue weighted by Gasteiger charge is -2.06. The Bertz CT molecular complexity index is 711. The van der Waals surface area contributed by atoms with E-state index in [4.69, 9.17) is 0 Å². The predicted octanol–water partition coefficient (Wildman–Crippen LogP) is 1.10. The van der Waals surface area contributed by atoms with Crippen LogP contribution in [0.2, 0.25) is 0 Å². The molecule has 0 bridgehead atoms. The van der Waals surface area contributed by atoms with Crippen molar-refractivity contribution in [2.75, 3.05) is 0 Å². The molecule has 2 atom stereocenters. The number of pyridine rings is 1. The fourth-order valence-corrected chi connectivity index (χ4v) is 2.23. The van der Waals surface area contributed by atoms with E-state index in [0.717, 1.165) is 12.0 Å². The van der Waals surface area contributed by atoms with Crippen LogP contribution in [-0.4, -0.2) is 20.9 Å². The van der Waals surface area contributed by atoms with Gasteiger partial charge in [-0.3, -0.25) is 14.6 Å². The molecule has 0 spiro atoms. The van der Waals surface area contributed by atoms with E-state index in [1.54, 1.807) is 18.5 Å². The van der Waals surface area contributed by atoms with Crippen LogP contribution < -0.4 is 10.9 Å². The molecule has 1 aliphatic rings. The van der Waals surface area contributed by atoms with E-state index in [9.17, 15) is 9.59 Å². The summed E-state index contributed by atoms with van der Waals surface area (Å²) in [5.41, 5.74) is 1.03. The van der Waals surface area contributed by atoms with Crippen molar-refractivity contribution < 1.29 is 4.79 Å². The fourth-order valence-electron chi connectivity index (χ4n) is 2.23. The molecule has 0 saturated heterocycles. The molecular formula is C15H16N4O2. The second-order valence-corrected chi connectivity index (χ2v) is 5.36. The zero-order valence-electron chi connectivity index (χ0n) is 11.7. The summed E-state index contributed by atoms with van der Waals surface area (Å²) in [4.78, 5) is 34.5. The number of carbonyl (C=O) groups is 1. The third-order valence-corrected chi connectivity index (χ3v) is 3.62. The van der Waals surface area contributed by atoms with Gasteiger partial charge in [0.15, 0.2) is 0 Å². The van der Waals surface area contributed by atoms with E-state index < -0.39 is 0 Å². The Morgan fingerprint density at radius 3 is 3.00 bits per heavy atom. The Hall–Kier alpha value is -2.50. The summed E-state index contributed by atoms with van der Waals surface area (Å²) in [7, 11) is 0. The molecule has 6 nitrogen and oxygen atoms in total. The monoisotopic (exact) mass is 284 g/mol. The third-order valence-electron chi connectivity index (χ3n) is 3.62. The van der Waals surface area contributed by atoms with Gasteiger partial charge in [-0.2, -0.15) is 0 Å². The molecule has 2 N–H and O–H groups in total. The van der Waals surface area contributed by atoms with Crippen LogP contribution in [0.4, 0.5) is 0 Å². The normalized spacial score (nSPS) is 20.0. The lowest BCUT2D eigenvalue weighted by Crippen LogP contribution is -2.26. The van der Waals surface area contributed by atoms with Gasteiger partial charge < -0.3 is 10.3 Å². The number of hydrogen-bond donors (Lipinski definition) is 2. The molecule has 2 aromatic rings. The lowest BCUT2D eigenvalue weighted by atomic mass is 10.2. The first-order chi connectivity index (χ1) is 10.1. The maximum absolute atomic E-state index is 11.8. The SMILES string of the molecule is C[C@@H]1C[C@@H]1C(=O)NCc1cc(=O)[nH]c(-c2cccnc2)n1. The summed E-state index contributed by atoms with van der Waals surface area (Å²) in [5.74, 6) is 1.07. The van der Waals surface area contributed by atoms with Gasteiger partial charge in [-0.25, -0.2) is 4.98 Å². The van der Waals surface area contributed by atoms with E-state index in [1.165, 1.54) is 6.07 Å². The summed E-state index contributed by atoms with van der Waals surface area (Å²) in [6.45, 7) is 2.31. The Balaban J connectivity index is 1.75. The molecule has 1 aliphatic carbocycles. The maximum Gasteiger partial charge on any atom is 0.251 e. The zero-order chi connectivity index (χ0) is 14.8. The van der Waals surface area contributed by atoms with E-state index >= 15 is 0 Å². The third kappa shape index (κ3) is 3.16. The van der Waals surface area contributed by atoms with Crippen LogP contribution >= 0.6 is 0 Å². The van der Waals surface area contributed by atoms with Gasteiger partial charge in [-0.15, -0.1) is 0 Å². The molecule has 1 amide bonds. The van der Waals surface area contributed by atoms with Gasteiger partial charge in [-0.05, 0) is 24.5 Å². The van der Waals surface area contributed by atoms with Crippen LogP contribution in [0, 0.1) is 11.8 Å². The molecule has 3 rings (SSSR count). The van der Waals surface area contributed by atoms with Crippen LogP contribution in [-0.2, 0) is 11.3 Å². The van der Waals surface area contributed by atoms with Gasteiger partial charge in [-0.1, -0.05) is 6.92 Å². The van der Waals surface area contributed by atoms with Crippen molar-refractivity contribution in [2.24, 2.45) is 11.8 Å². The van der Waals surface area contributed by atoms with Crippen LogP contribution in [0.5, 0.6) is 0 Å². The maximum atomic E-state index is 11.8. The number of nitrogens with one attached hydrogen (secondary N) is 2. The summed E-state index contributed by atoms with van der Waals surface area (Å²) < 4.78 is 0. The highest BCUT2D eigenvalue weighted by molar-refractivity contribution is 5.81. The minimum atomic E-state index is -0.243. The molecular weight excluding hydrogens is 268 g/mol. The number of amides is 1. The van der Waals surface area contributed by atoms with Crippen LogP contribution in [0.15, 0.2) is 35.4 Å². The molecule has 1 saturated carbocycles. The first-order valence-corrected chi connectivity index (χ1v) is 6.92. The number of hydrogen-bond acceptors (Lipinski definition) is 4. The van der Waals surface area contributed by atoms with Crippen molar-refractivity contribution in [1.82, 2.24) is 20.3 Å². The summed E-state index contributed by atoms with van der Waals surface area (Å²) in [5, 5.41) is 2.83. The van der Waals surface area contributed by atoms with Crippen LogP contribution in [0.1, 0.15) is 19.0 Å². The average Bonchev–Trinajstić information content (AvgIpc) is 3.22. The van der Waals surface area contributed by atoms with E-state index in [-0.39, 0.29) is 23.9 Å². The van der Waals surface area contributed by atoms with Crippen molar-refractivity contribution in [2.45, 2.75) is 19.9 Å². The highest BCUT2D eigenvalue weighted by atomic mass is 16.2. The second kappa shape index (κ2) is 5.47. The Morgan fingerprint density at radius 1 is 1.52 bits per heavy atom. The van der Waals surface area contributed by atoms with Gasteiger partial charge in [0.1, 0.15) is 5.82 Å². The van der Waals surface area contributed by atoms with Crippen molar-refractivity contribution in [3.05, 3.63) is 46.6 Å². The summed E-state index contributed by atoms with van der Waals surface area (Å²) in [6, 6.07) is 4.99. The molecule has 0 unspecified atom stereocenters. The summed E-state index contributed by atoms with van der Waals surface area (Å²) >= 11 is 0. The van der Waals surface area contributed by atoms with Gasteiger partial charge in [0.05, 0.1) is 12.2 Å². The van der Waals surface area contributed by atoms with E-state index in [0.29, 0.717) is 17.4 Å². The smallest absolute Gasteiger partial charge is 0.251 e. The molecule has 0 aromatic carbocycles. The number of nitrogens with zero attached hydrogens (tertiary/aromatic N) is 2. The molecule has 0 aliphatic heterocycles. The molecule has 2 heterocycles. The van der Waals surface area contributed by atoms with Crippen molar-refractivity contribution >= 4 is 5.91 Å². The minimum Gasteiger partial charge on any atom is -0.350 e. The zero-order valence-corrected chi connectivity index (χ0v) is 11.7. The van der Waals surface area contributed by atoms with Crippen molar-refractivity contribution in [3.8, 4) is 11.4 Å². The van der Waals surface area contributed by atoms with E-state index in [2.05, 4.69) is 27.2 Å². The molecule has 21 heavy (non-hydrogen) atoms. The highest BCUT2D eigenvalue weighted by Gasteiger charge is 2.38. The first-order valence-electron chi connectivity index (χ1n) is 6.92. The molecule has 108 valence electrons. The number of H-pyrrole nitrogens is 1. The largest absolute Gasteiger partial charge is 0.350 e. The van der Waals surface area contributed by atoms with Crippen molar-refractivity contribution in [3.63, 3.8) is 0 Å². The molecule has 6 heteroatoms. The predicted molar refractivity (Wildman–Crippen MR) is 77.2 cm³/mol. The van der Waals surface area contributed by atoms with Gasteiger partial charge in [0.2, 0.25) is 5.91 Å².